The summed E-state index contributed by atoms with van der Waals surface area (Å²) < 4.78 is 56.1. The molecule has 3 heterocycles. The van der Waals surface area contributed by atoms with Crippen LogP contribution in [0.4, 0.5) is 20.3 Å². The molecule has 1 atom stereocenters. The number of halogens is 4. The molecule has 0 spiro atoms. The highest BCUT2D eigenvalue weighted by Crippen LogP contribution is 2.44. The number of nitrogens with one attached hydrogen (secondary N) is 1. The number of likely N-dealkylation sites (tertiary alicyclic amines) is 1. The van der Waals surface area contributed by atoms with Crippen LogP contribution in [0, 0.1) is 23.1 Å². The summed E-state index contributed by atoms with van der Waals surface area (Å²) in [4.78, 5) is 7.06. The Kier molecular flexibility index (Phi) is 7.29. The quantitative estimate of drug-likeness (QED) is 0.381. The number of hydrogen-bond acceptors (Lipinski definition) is 5. The lowest BCUT2D eigenvalue weighted by atomic mass is 9.78. The molecular formula is C23H28Cl2F2N4O2S. The van der Waals surface area contributed by atoms with Crippen molar-refractivity contribution in [3.8, 4) is 0 Å². The van der Waals surface area contributed by atoms with Crippen molar-refractivity contribution < 1.29 is 17.2 Å². The van der Waals surface area contributed by atoms with Gasteiger partial charge in [-0.25, -0.2) is 17.8 Å². The van der Waals surface area contributed by atoms with E-state index in [0.717, 1.165) is 38.0 Å². The molecular weight excluding hydrogens is 505 g/mol. The zero-order valence-corrected chi connectivity index (χ0v) is 21.5. The van der Waals surface area contributed by atoms with Gasteiger partial charge in [0.05, 0.1) is 10.7 Å². The van der Waals surface area contributed by atoms with Crippen LogP contribution in [0.25, 0.3) is 0 Å². The Morgan fingerprint density at radius 1 is 1.26 bits per heavy atom. The second-order valence-electron chi connectivity index (χ2n) is 9.75. The molecule has 1 aromatic heterocycles. The average molecular weight is 533 g/mol. The molecule has 0 saturated carbocycles. The first-order valence-electron chi connectivity index (χ1n) is 11.3. The van der Waals surface area contributed by atoms with Crippen LogP contribution >= 0.6 is 23.2 Å². The smallest absolute Gasteiger partial charge is 0.267 e. The van der Waals surface area contributed by atoms with E-state index >= 15 is 4.39 Å². The molecule has 2 saturated heterocycles. The Hall–Kier alpha value is -1.68. The van der Waals surface area contributed by atoms with Gasteiger partial charge < -0.3 is 9.80 Å². The van der Waals surface area contributed by atoms with E-state index in [4.69, 9.17) is 23.2 Å². The van der Waals surface area contributed by atoms with Gasteiger partial charge in [0, 0.05) is 25.0 Å². The summed E-state index contributed by atoms with van der Waals surface area (Å²) in [5.41, 5.74) is 0.415. The highest BCUT2D eigenvalue weighted by atomic mass is 35.5. The third-order valence-corrected chi connectivity index (χ3v) is 8.76. The molecule has 0 unspecified atom stereocenters. The van der Waals surface area contributed by atoms with Crippen LogP contribution < -0.4 is 9.62 Å². The fraction of sp³-hybridized carbons (Fsp3) is 0.522. The molecule has 0 radical (unpaired) electrons. The van der Waals surface area contributed by atoms with Crippen molar-refractivity contribution >= 4 is 44.7 Å². The molecule has 0 aliphatic carbocycles. The summed E-state index contributed by atoms with van der Waals surface area (Å²) in [5, 5.41) is -0.624. The second kappa shape index (κ2) is 9.76. The van der Waals surface area contributed by atoms with Gasteiger partial charge in [0.25, 0.3) is 10.0 Å². The third kappa shape index (κ3) is 5.42. The molecule has 2 aliphatic rings. The zero-order chi connectivity index (χ0) is 24.7. The van der Waals surface area contributed by atoms with Gasteiger partial charge in [-0.1, -0.05) is 43.1 Å². The minimum atomic E-state index is -4.49. The second-order valence-corrected chi connectivity index (χ2v) is 12.2. The molecule has 0 bridgehead atoms. The van der Waals surface area contributed by atoms with Crippen molar-refractivity contribution in [3.63, 3.8) is 0 Å². The monoisotopic (exact) mass is 532 g/mol. The summed E-state index contributed by atoms with van der Waals surface area (Å²) in [7, 11) is -4.49. The molecule has 186 valence electrons. The molecule has 4 rings (SSSR count). The molecule has 2 aromatic rings. The number of anilines is 2. The van der Waals surface area contributed by atoms with Gasteiger partial charge in [0.15, 0.2) is 5.82 Å². The summed E-state index contributed by atoms with van der Waals surface area (Å²) >= 11 is 12.5. The summed E-state index contributed by atoms with van der Waals surface area (Å²) in [6.45, 7) is 9.10. The Morgan fingerprint density at radius 2 is 2.00 bits per heavy atom. The predicted octanol–water partition coefficient (Wildman–Crippen LogP) is 5.42. The molecule has 1 aromatic carbocycles. The van der Waals surface area contributed by atoms with Gasteiger partial charge >= 0.3 is 0 Å². The van der Waals surface area contributed by atoms with Crippen LogP contribution in [0.3, 0.4) is 0 Å². The minimum absolute atomic E-state index is 0.0579. The lowest BCUT2D eigenvalue weighted by Crippen LogP contribution is -2.56. The Balaban J connectivity index is 1.46. The molecule has 11 heteroatoms. The number of piperidine rings is 1. The maximum atomic E-state index is 15.2. The van der Waals surface area contributed by atoms with Crippen molar-refractivity contribution in [2.24, 2.45) is 11.3 Å². The summed E-state index contributed by atoms with van der Waals surface area (Å²) in [6.07, 6.45) is 3.53. The van der Waals surface area contributed by atoms with Crippen LogP contribution in [0.1, 0.15) is 33.1 Å². The molecule has 34 heavy (non-hydrogen) atoms. The van der Waals surface area contributed by atoms with Gasteiger partial charge in [-0.05, 0) is 56.5 Å². The van der Waals surface area contributed by atoms with Gasteiger partial charge in [-0.2, -0.15) is 4.39 Å². The Bertz CT molecular complexity index is 1180. The van der Waals surface area contributed by atoms with Crippen molar-refractivity contribution in [3.05, 3.63) is 46.1 Å². The van der Waals surface area contributed by atoms with E-state index in [1.165, 1.54) is 31.0 Å². The lowest BCUT2D eigenvalue weighted by molar-refractivity contribution is 0.136. The van der Waals surface area contributed by atoms with Crippen LogP contribution in [0.2, 0.25) is 10.0 Å². The highest BCUT2D eigenvalue weighted by molar-refractivity contribution is 7.92. The minimum Gasteiger partial charge on any atom is -0.369 e. The van der Waals surface area contributed by atoms with E-state index in [9.17, 15) is 12.8 Å². The first-order chi connectivity index (χ1) is 16.0. The van der Waals surface area contributed by atoms with Crippen LogP contribution in [-0.2, 0) is 10.0 Å². The number of sulfonamides is 1. The van der Waals surface area contributed by atoms with Crippen molar-refractivity contribution in [1.82, 2.24) is 9.88 Å². The number of aromatic nitrogens is 1. The predicted molar refractivity (Wildman–Crippen MR) is 131 cm³/mol. The van der Waals surface area contributed by atoms with Crippen LogP contribution in [0.5, 0.6) is 0 Å². The Labute approximate surface area is 209 Å². The number of pyridine rings is 1. The number of nitrogens with zero attached hydrogens (tertiary/aromatic N) is 3. The molecule has 2 aliphatic heterocycles. The number of benzene rings is 1. The number of rotatable bonds is 7. The first kappa shape index (κ1) is 25.4. The molecule has 0 amide bonds. The van der Waals surface area contributed by atoms with Gasteiger partial charge in [-0.3, -0.25) is 4.72 Å². The zero-order valence-electron chi connectivity index (χ0n) is 19.1. The van der Waals surface area contributed by atoms with Gasteiger partial charge in [0.2, 0.25) is 5.95 Å². The lowest BCUT2D eigenvalue weighted by Gasteiger charge is -2.50. The molecule has 2 fully saturated rings. The van der Waals surface area contributed by atoms with Crippen molar-refractivity contribution in [2.75, 3.05) is 42.3 Å². The van der Waals surface area contributed by atoms with E-state index in [-0.39, 0.29) is 21.3 Å². The van der Waals surface area contributed by atoms with Gasteiger partial charge in [0.1, 0.15) is 15.7 Å². The van der Waals surface area contributed by atoms with E-state index < -0.39 is 26.7 Å². The first-order valence-corrected chi connectivity index (χ1v) is 13.5. The van der Waals surface area contributed by atoms with Crippen molar-refractivity contribution in [1.29, 1.82) is 0 Å². The van der Waals surface area contributed by atoms with E-state index in [1.807, 2.05) is 9.62 Å². The van der Waals surface area contributed by atoms with E-state index in [0.29, 0.717) is 18.8 Å². The summed E-state index contributed by atoms with van der Waals surface area (Å²) in [6, 6.07) is 4.95. The maximum Gasteiger partial charge on any atom is 0.267 e. The summed E-state index contributed by atoms with van der Waals surface area (Å²) in [5.74, 6) is -1.60. The van der Waals surface area contributed by atoms with E-state index in [2.05, 4.69) is 23.7 Å². The third-order valence-electron chi connectivity index (χ3n) is 6.58. The average Bonchev–Trinajstić information content (AvgIpc) is 2.72. The fourth-order valence-corrected chi connectivity index (χ4v) is 6.78. The Morgan fingerprint density at radius 3 is 2.68 bits per heavy atom. The maximum absolute atomic E-state index is 15.2. The highest BCUT2D eigenvalue weighted by Gasteiger charge is 2.41. The normalized spacial score (nSPS) is 20.8. The fourth-order valence-electron chi connectivity index (χ4n) is 4.82. The van der Waals surface area contributed by atoms with Crippen LogP contribution in [0.15, 0.2) is 29.2 Å². The topological polar surface area (TPSA) is 65.5 Å². The van der Waals surface area contributed by atoms with Crippen LogP contribution in [-0.4, -0.2) is 51.0 Å². The standard InChI is InChI=1S/C23H28Cl2F2N4O2S/c1-15-5-4-9-30(12-15)10-8-23(2)13-31(14-23)17-11-16(24)22(21(27)20(17)25)34(32,33)29-19-7-3-6-18(26)28-19/h3,6-7,11,15H,4-5,8-10,12-14H2,1-2H3,(H,28,29)/t15-/m1/s1. The largest absolute Gasteiger partial charge is 0.369 e. The van der Waals surface area contributed by atoms with Crippen molar-refractivity contribution in [2.45, 2.75) is 38.0 Å². The van der Waals surface area contributed by atoms with E-state index in [1.54, 1.807) is 0 Å². The SMILES string of the molecule is C[C@@H]1CCCN(CCC2(C)CN(c3cc(Cl)c(S(=O)(=O)Nc4cccc(F)n4)c(F)c3Cl)C2)C1. The molecule has 1 N–H and O–H groups in total. The van der Waals surface area contributed by atoms with Gasteiger partial charge in [-0.15, -0.1) is 0 Å². The number of hydrogen-bond donors (Lipinski definition) is 1. The molecule has 6 nitrogen and oxygen atoms in total.